The van der Waals surface area contributed by atoms with Crippen molar-refractivity contribution in [3.63, 3.8) is 0 Å². The normalized spacial score (nSPS) is 19.0. The Bertz CT molecular complexity index is 945. The van der Waals surface area contributed by atoms with Crippen molar-refractivity contribution in [2.24, 2.45) is 0 Å². The van der Waals surface area contributed by atoms with Crippen LogP contribution in [-0.2, 0) is 24.3 Å². The van der Waals surface area contributed by atoms with E-state index in [9.17, 15) is 9.90 Å². The Balaban J connectivity index is 1.43. The van der Waals surface area contributed by atoms with E-state index in [0.717, 1.165) is 24.2 Å². The maximum Gasteiger partial charge on any atom is 0.407 e. The summed E-state index contributed by atoms with van der Waals surface area (Å²) in [6.07, 6.45) is 2.36. The van der Waals surface area contributed by atoms with Gasteiger partial charge in [-0.15, -0.1) is 5.10 Å². The molecule has 1 N–H and O–H groups in total. The summed E-state index contributed by atoms with van der Waals surface area (Å²) in [6, 6.07) is 20.2. The molecule has 1 amide bonds. The van der Waals surface area contributed by atoms with Gasteiger partial charge in [0.2, 0.25) is 0 Å². The fraction of sp³-hybridized carbons (Fsp3) is 0.348. The minimum atomic E-state index is -0.909. The molecular weight excluding hydrogens is 380 g/mol. The van der Waals surface area contributed by atoms with Crippen molar-refractivity contribution in [1.29, 1.82) is 0 Å². The lowest BCUT2D eigenvalue weighted by molar-refractivity contribution is -0.0208. The van der Waals surface area contributed by atoms with Crippen LogP contribution >= 0.6 is 0 Å². The highest BCUT2D eigenvalue weighted by molar-refractivity contribution is 5.65. The second-order valence-electron chi connectivity index (χ2n) is 7.60. The number of carbonyl (C=O) groups is 1. The van der Waals surface area contributed by atoms with Gasteiger partial charge in [0.15, 0.2) is 0 Å². The first kappa shape index (κ1) is 20.1. The first-order valence-corrected chi connectivity index (χ1v) is 10.3. The molecule has 0 saturated carbocycles. The van der Waals surface area contributed by atoms with Crippen molar-refractivity contribution in [2.45, 2.75) is 38.0 Å². The molecule has 2 atom stereocenters. The Kier molecular flexibility index (Phi) is 6.39. The molecule has 0 radical (unpaired) electrons. The summed E-state index contributed by atoms with van der Waals surface area (Å²) in [5.41, 5.74) is 3.19. The summed E-state index contributed by atoms with van der Waals surface area (Å²) in [5, 5.41) is 18.1. The number of aromatic nitrogens is 3. The largest absolute Gasteiger partial charge is 0.465 e. The lowest BCUT2D eigenvalue weighted by Gasteiger charge is -2.36. The third-order valence-electron chi connectivity index (χ3n) is 5.55. The van der Waals surface area contributed by atoms with E-state index in [1.165, 1.54) is 10.5 Å². The Morgan fingerprint density at radius 3 is 2.47 bits per heavy atom. The SMILES string of the molecule is O=C(O)N1CCC(c2cn(CCc3ccccc3)nn2)C(OCc2ccccc2)C1. The topological polar surface area (TPSA) is 80.5 Å². The summed E-state index contributed by atoms with van der Waals surface area (Å²) in [4.78, 5) is 12.9. The van der Waals surface area contributed by atoms with Crippen molar-refractivity contribution in [3.8, 4) is 0 Å². The van der Waals surface area contributed by atoms with Crippen LogP contribution in [0.5, 0.6) is 0 Å². The number of benzene rings is 2. The monoisotopic (exact) mass is 406 g/mol. The molecule has 1 aliphatic rings. The molecule has 4 rings (SSSR count). The molecule has 0 aliphatic carbocycles. The van der Waals surface area contributed by atoms with E-state index in [-0.39, 0.29) is 12.0 Å². The van der Waals surface area contributed by atoms with Gasteiger partial charge < -0.3 is 14.7 Å². The van der Waals surface area contributed by atoms with Crippen LogP contribution in [0.25, 0.3) is 0 Å². The highest BCUT2D eigenvalue weighted by Crippen LogP contribution is 2.30. The summed E-state index contributed by atoms with van der Waals surface area (Å²) >= 11 is 0. The molecule has 3 aromatic rings. The zero-order chi connectivity index (χ0) is 20.8. The molecule has 1 aromatic heterocycles. The van der Waals surface area contributed by atoms with Crippen molar-refractivity contribution >= 4 is 6.09 Å². The molecular formula is C23H26N4O3. The predicted octanol–water partition coefficient (Wildman–Crippen LogP) is 3.57. The molecule has 7 heteroatoms. The minimum absolute atomic E-state index is 0.0230. The van der Waals surface area contributed by atoms with Crippen LogP contribution in [-0.4, -0.2) is 50.3 Å². The van der Waals surface area contributed by atoms with E-state index in [1.54, 1.807) is 0 Å². The van der Waals surface area contributed by atoms with Crippen LogP contribution in [0.2, 0.25) is 0 Å². The first-order chi connectivity index (χ1) is 14.7. The van der Waals surface area contributed by atoms with Gasteiger partial charge in [-0.1, -0.05) is 65.9 Å². The molecule has 1 aliphatic heterocycles. The van der Waals surface area contributed by atoms with E-state index in [1.807, 2.05) is 59.4 Å². The number of hydrogen-bond donors (Lipinski definition) is 1. The van der Waals surface area contributed by atoms with Crippen molar-refractivity contribution in [1.82, 2.24) is 19.9 Å². The van der Waals surface area contributed by atoms with Gasteiger partial charge in [0.25, 0.3) is 0 Å². The third kappa shape index (κ3) is 5.04. The summed E-state index contributed by atoms with van der Waals surface area (Å²) in [7, 11) is 0. The zero-order valence-electron chi connectivity index (χ0n) is 16.8. The molecule has 0 spiro atoms. The number of piperidine rings is 1. The number of hydrogen-bond acceptors (Lipinski definition) is 4. The summed E-state index contributed by atoms with van der Waals surface area (Å²) in [6.45, 7) is 2.00. The molecule has 2 unspecified atom stereocenters. The second-order valence-corrected chi connectivity index (χ2v) is 7.60. The lowest BCUT2D eigenvalue weighted by Crippen LogP contribution is -2.46. The fourth-order valence-corrected chi connectivity index (χ4v) is 3.86. The summed E-state index contributed by atoms with van der Waals surface area (Å²) < 4.78 is 8.03. The quantitative estimate of drug-likeness (QED) is 0.649. The van der Waals surface area contributed by atoms with Crippen LogP contribution in [0.15, 0.2) is 66.9 Å². The Morgan fingerprint density at radius 2 is 1.77 bits per heavy atom. The van der Waals surface area contributed by atoms with Crippen LogP contribution in [0.1, 0.15) is 29.2 Å². The van der Waals surface area contributed by atoms with Gasteiger partial charge in [0.05, 0.1) is 24.9 Å². The number of rotatable bonds is 7. The standard InChI is InChI=1S/C23H26N4O3/c28-23(29)26-13-12-20(22(16-26)30-17-19-9-5-2-6-10-19)21-15-27(25-24-21)14-11-18-7-3-1-4-8-18/h1-10,15,20,22H,11-14,16-17H2,(H,28,29). The maximum atomic E-state index is 11.5. The van der Waals surface area contributed by atoms with E-state index >= 15 is 0 Å². The molecule has 0 bridgehead atoms. The zero-order valence-corrected chi connectivity index (χ0v) is 16.8. The minimum Gasteiger partial charge on any atom is -0.465 e. The number of aryl methyl sites for hydroxylation is 2. The van der Waals surface area contributed by atoms with E-state index in [4.69, 9.17) is 4.74 Å². The maximum absolute atomic E-state index is 11.5. The molecule has 2 heterocycles. The van der Waals surface area contributed by atoms with E-state index in [0.29, 0.717) is 26.1 Å². The number of carboxylic acid groups (broad SMARTS) is 1. The van der Waals surface area contributed by atoms with Gasteiger partial charge >= 0.3 is 6.09 Å². The van der Waals surface area contributed by atoms with Gasteiger partial charge in [-0.3, -0.25) is 4.68 Å². The second kappa shape index (κ2) is 9.54. The van der Waals surface area contributed by atoms with Gasteiger partial charge in [0, 0.05) is 25.2 Å². The summed E-state index contributed by atoms with van der Waals surface area (Å²) in [5.74, 6) is 0.0230. The average molecular weight is 406 g/mol. The van der Waals surface area contributed by atoms with Crippen LogP contribution in [0, 0.1) is 0 Å². The molecule has 156 valence electrons. The Hall–Kier alpha value is -3.19. The highest BCUT2D eigenvalue weighted by Gasteiger charge is 2.34. The van der Waals surface area contributed by atoms with Crippen LogP contribution in [0.3, 0.4) is 0 Å². The fourth-order valence-electron chi connectivity index (χ4n) is 3.86. The Labute approximate surface area is 175 Å². The van der Waals surface area contributed by atoms with Crippen LogP contribution < -0.4 is 0 Å². The van der Waals surface area contributed by atoms with Crippen molar-refractivity contribution in [3.05, 3.63) is 83.7 Å². The molecule has 1 fully saturated rings. The van der Waals surface area contributed by atoms with Gasteiger partial charge in [0.1, 0.15) is 0 Å². The van der Waals surface area contributed by atoms with E-state index < -0.39 is 6.09 Å². The molecule has 30 heavy (non-hydrogen) atoms. The van der Waals surface area contributed by atoms with Gasteiger partial charge in [-0.05, 0) is 24.0 Å². The predicted molar refractivity (Wildman–Crippen MR) is 112 cm³/mol. The molecule has 2 aromatic carbocycles. The number of nitrogens with zero attached hydrogens (tertiary/aromatic N) is 4. The highest BCUT2D eigenvalue weighted by atomic mass is 16.5. The van der Waals surface area contributed by atoms with Gasteiger partial charge in [-0.2, -0.15) is 0 Å². The number of amides is 1. The Morgan fingerprint density at radius 1 is 1.07 bits per heavy atom. The smallest absolute Gasteiger partial charge is 0.407 e. The average Bonchev–Trinajstić information content (AvgIpc) is 3.26. The van der Waals surface area contributed by atoms with Gasteiger partial charge in [-0.25, -0.2) is 4.79 Å². The number of ether oxygens (including phenoxy) is 1. The van der Waals surface area contributed by atoms with Crippen molar-refractivity contribution < 1.29 is 14.6 Å². The first-order valence-electron chi connectivity index (χ1n) is 10.3. The van der Waals surface area contributed by atoms with Crippen LogP contribution in [0.4, 0.5) is 4.79 Å². The molecule has 7 nitrogen and oxygen atoms in total. The van der Waals surface area contributed by atoms with E-state index in [2.05, 4.69) is 22.4 Å². The third-order valence-corrected chi connectivity index (χ3v) is 5.55. The molecule has 1 saturated heterocycles. The number of likely N-dealkylation sites (tertiary alicyclic amines) is 1. The lowest BCUT2D eigenvalue weighted by atomic mass is 9.91. The van der Waals surface area contributed by atoms with Crippen molar-refractivity contribution in [2.75, 3.05) is 13.1 Å².